The predicted molar refractivity (Wildman–Crippen MR) is 128 cm³/mol. The highest BCUT2D eigenvalue weighted by atomic mass is 79.9. The van der Waals surface area contributed by atoms with Crippen LogP contribution in [0, 0.1) is 5.92 Å². The van der Waals surface area contributed by atoms with Gasteiger partial charge in [-0.05, 0) is 78.1 Å². The summed E-state index contributed by atoms with van der Waals surface area (Å²) in [6.07, 6.45) is 1.81. The van der Waals surface area contributed by atoms with Crippen LogP contribution in [0.4, 0.5) is 0 Å². The summed E-state index contributed by atoms with van der Waals surface area (Å²) >= 11 is 12.7. The third-order valence-corrected chi connectivity index (χ3v) is 8.68. The zero-order chi connectivity index (χ0) is 22.0. The van der Waals surface area contributed by atoms with Crippen LogP contribution in [0.15, 0.2) is 50.2 Å². The largest absolute Gasteiger partial charge is 0.486 e. The molecule has 1 N–H and O–H groups in total. The second-order valence-corrected chi connectivity index (χ2v) is 11.8. The molecule has 0 radical (unpaired) electrons. The first-order valence-corrected chi connectivity index (χ1v) is 13.5. The molecule has 31 heavy (non-hydrogen) atoms. The van der Waals surface area contributed by atoms with E-state index in [9.17, 15) is 8.42 Å². The molecule has 0 spiro atoms. The maximum Gasteiger partial charge on any atom is 0.241 e. The molecule has 4 rings (SSSR count). The normalized spacial score (nSPS) is 20.0. The minimum atomic E-state index is -3.57. The Morgan fingerprint density at radius 3 is 2.65 bits per heavy atom. The second kappa shape index (κ2) is 9.97. The van der Waals surface area contributed by atoms with Gasteiger partial charge in [-0.2, -0.15) is 0 Å². The number of hydrogen-bond acceptors (Lipinski definition) is 5. The van der Waals surface area contributed by atoms with Crippen LogP contribution in [-0.2, 0) is 10.0 Å². The first-order valence-electron chi connectivity index (χ1n) is 10.1. The van der Waals surface area contributed by atoms with Gasteiger partial charge in [0.2, 0.25) is 10.0 Å². The van der Waals surface area contributed by atoms with Gasteiger partial charge >= 0.3 is 0 Å². The van der Waals surface area contributed by atoms with E-state index in [1.165, 1.54) is 0 Å². The van der Waals surface area contributed by atoms with E-state index in [-0.39, 0.29) is 11.0 Å². The van der Waals surface area contributed by atoms with Crippen LogP contribution in [0.5, 0.6) is 11.5 Å². The lowest BCUT2D eigenvalue weighted by atomic mass is 9.97. The summed E-state index contributed by atoms with van der Waals surface area (Å²) < 4.78 is 41.3. The standard InChI is InChI=1S/C21H23Br2ClN2O4S/c22-15-1-3-18(23)21(9-15)31(27,28)25-11-14-5-7-26(8-6-14)12-17-13-29-19-4-2-16(24)10-20(19)30-17/h1-4,9-10,14,17,25H,5-8,11-13H2. The molecule has 1 saturated heterocycles. The number of nitrogens with one attached hydrogen (secondary N) is 1. The Morgan fingerprint density at radius 1 is 1.10 bits per heavy atom. The van der Waals surface area contributed by atoms with Gasteiger partial charge in [-0.15, -0.1) is 0 Å². The summed E-state index contributed by atoms with van der Waals surface area (Å²) in [6, 6.07) is 10.5. The van der Waals surface area contributed by atoms with E-state index in [4.69, 9.17) is 21.1 Å². The monoisotopic (exact) mass is 592 g/mol. The van der Waals surface area contributed by atoms with E-state index >= 15 is 0 Å². The van der Waals surface area contributed by atoms with Crippen LogP contribution in [0.2, 0.25) is 5.02 Å². The number of halogens is 3. The lowest BCUT2D eigenvalue weighted by Crippen LogP contribution is -2.45. The summed E-state index contributed by atoms with van der Waals surface area (Å²) in [7, 11) is -3.57. The number of benzene rings is 2. The number of rotatable bonds is 6. The number of likely N-dealkylation sites (tertiary alicyclic amines) is 1. The fraction of sp³-hybridized carbons (Fsp3) is 0.429. The fourth-order valence-corrected chi connectivity index (χ4v) is 6.61. The Labute approximate surface area is 204 Å². The van der Waals surface area contributed by atoms with Crippen molar-refractivity contribution in [3.05, 3.63) is 50.4 Å². The Kier molecular flexibility index (Phi) is 7.50. The Morgan fingerprint density at radius 2 is 1.87 bits per heavy atom. The summed E-state index contributed by atoms with van der Waals surface area (Å²) in [6.45, 7) is 3.51. The number of ether oxygens (including phenoxy) is 2. The number of sulfonamides is 1. The number of piperidine rings is 1. The van der Waals surface area contributed by atoms with Crippen LogP contribution < -0.4 is 14.2 Å². The Balaban J connectivity index is 1.25. The molecular formula is C21H23Br2ClN2O4S. The van der Waals surface area contributed by atoms with Crippen molar-refractivity contribution in [3.63, 3.8) is 0 Å². The molecule has 0 bridgehead atoms. The van der Waals surface area contributed by atoms with E-state index in [1.54, 1.807) is 30.3 Å². The molecule has 2 aromatic carbocycles. The van der Waals surface area contributed by atoms with Gasteiger partial charge in [0.05, 0.1) is 4.90 Å². The van der Waals surface area contributed by atoms with Crippen molar-refractivity contribution in [1.82, 2.24) is 9.62 Å². The van der Waals surface area contributed by atoms with Crippen molar-refractivity contribution in [1.29, 1.82) is 0 Å². The van der Waals surface area contributed by atoms with Crippen LogP contribution in [0.3, 0.4) is 0 Å². The maximum absolute atomic E-state index is 12.7. The van der Waals surface area contributed by atoms with E-state index < -0.39 is 10.0 Å². The molecule has 1 fully saturated rings. The average molecular weight is 595 g/mol. The highest BCUT2D eigenvalue weighted by molar-refractivity contribution is 9.11. The van der Waals surface area contributed by atoms with Gasteiger partial charge in [-0.1, -0.05) is 27.5 Å². The summed E-state index contributed by atoms with van der Waals surface area (Å²) in [5.74, 6) is 1.72. The molecule has 0 amide bonds. The zero-order valence-electron chi connectivity index (χ0n) is 16.7. The zero-order valence-corrected chi connectivity index (χ0v) is 21.4. The second-order valence-electron chi connectivity index (χ2n) is 7.81. The highest BCUT2D eigenvalue weighted by Crippen LogP contribution is 2.34. The van der Waals surface area contributed by atoms with Gasteiger partial charge in [-0.3, -0.25) is 4.90 Å². The third kappa shape index (κ3) is 5.94. The van der Waals surface area contributed by atoms with E-state index in [0.29, 0.717) is 34.3 Å². The summed E-state index contributed by atoms with van der Waals surface area (Å²) in [4.78, 5) is 2.59. The lowest BCUT2D eigenvalue weighted by molar-refractivity contribution is 0.0481. The smallest absolute Gasteiger partial charge is 0.241 e. The summed E-state index contributed by atoms with van der Waals surface area (Å²) in [5, 5.41) is 0.626. The lowest BCUT2D eigenvalue weighted by Gasteiger charge is -2.35. The highest BCUT2D eigenvalue weighted by Gasteiger charge is 2.27. The quantitative estimate of drug-likeness (QED) is 0.526. The molecule has 2 aliphatic rings. The number of hydrogen-bond donors (Lipinski definition) is 1. The molecule has 0 saturated carbocycles. The molecule has 2 heterocycles. The van der Waals surface area contributed by atoms with Gasteiger partial charge in [0.15, 0.2) is 11.5 Å². The minimum Gasteiger partial charge on any atom is -0.486 e. The van der Waals surface area contributed by atoms with Crippen LogP contribution in [0.1, 0.15) is 12.8 Å². The Hall–Kier alpha value is -0.840. The van der Waals surface area contributed by atoms with Gasteiger partial charge in [-0.25, -0.2) is 13.1 Å². The molecule has 10 heteroatoms. The first kappa shape index (κ1) is 23.3. The minimum absolute atomic E-state index is 0.0464. The van der Waals surface area contributed by atoms with Crippen molar-refractivity contribution >= 4 is 53.5 Å². The van der Waals surface area contributed by atoms with Gasteiger partial charge in [0.1, 0.15) is 12.7 Å². The molecule has 1 unspecified atom stereocenters. The first-order chi connectivity index (χ1) is 14.8. The SMILES string of the molecule is O=S(=O)(NCC1CCN(CC2COc3ccc(Cl)cc3O2)CC1)c1cc(Br)ccc1Br. The average Bonchev–Trinajstić information content (AvgIpc) is 2.74. The van der Waals surface area contributed by atoms with Gasteiger partial charge in [0, 0.05) is 33.1 Å². The van der Waals surface area contributed by atoms with Gasteiger partial charge in [0.25, 0.3) is 0 Å². The van der Waals surface area contributed by atoms with E-state index in [1.807, 2.05) is 6.07 Å². The molecule has 6 nitrogen and oxygen atoms in total. The molecule has 2 aliphatic heterocycles. The van der Waals surface area contributed by atoms with Crippen LogP contribution in [0.25, 0.3) is 0 Å². The van der Waals surface area contributed by atoms with Crippen molar-refractivity contribution in [2.75, 3.05) is 32.8 Å². The molecular weight excluding hydrogens is 572 g/mol. The van der Waals surface area contributed by atoms with Crippen LogP contribution in [-0.4, -0.2) is 52.2 Å². The molecule has 2 aromatic rings. The number of fused-ring (bicyclic) bond motifs is 1. The van der Waals surface area contributed by atoms with Gasteiger partial charge < -0.3 is 9.47 Å². The summed E-state index contributed by atoms with van der Waals surface area (Å²) in [5.41, 5.74) is 0. The maximum atomic E-state index is 12.7. The van der Waals surface area contributed by atoms with Crippen molar-refractivity contribution in [3.8, 4) is 11.5 Å². The Bertz CT molecular complexity index is 1050. The predicted octanol–water partition coefficient (Wildman–Crippen LogP) is 4.70. The topological polar surface area (TPSA) is 67.9 Å². The molecule has 0 aliphatic carbocycles. The van der Waals surface area contributed by atoms with Crippen molar-refractivity contribution in [2.45, 2.75) is 23.8 Å². The van der Waals surface area contributed by atoms with Crippen molar-refractivity contribution in [2.24, 2.45) is 5.92 Å². The number of nitrogens with zero attached hydrogens (tertiary/aromatic N) is 1. The molecule has 0 aromatic heterocycles. The molecule has 168 valence electrons. The third-order valence-electron chi connectivity index (χ3n) is 5.54. The van der Waals surface area contributed by atoms with Crippen molar-refractivity contribution < 1.29 is 17.9 Å². The fourth-order valence-electron chi connectivity index (χ4n) is 3.83. The molecule has 1 atom stereocenters. The van der Waals surface area contributed by atoms with E-state index in [2.05, 4.69) is 41.5 Å². The van der Waals surface area contributed by atoms with E-state index in [0.717, 1.165) is 42.7 Å². The van der Waals surface area contributed by atoms with Crippen LogP contribution >= 0.6 is 43.5 Å².